The Morgan fingerprint density at radius 3 is 2.79 bits per heavy atom. The summed E-state index contributed by atoms with van der Waals surface area (Å²) in [4.78, 5) is 10.4. The first-order valence-corrected chi connectivity index (χ1v) is 8.32. The molecule has 0 radical (unpaired) electrons. The molecular weight excluding hydrogens is 328 g/mol. The highest BCUT2D eigenvalue weighted by atomic mass is 79.9. The average molecular weight is 345 g/mol. The molecule has 0 atom stereocenters. The smallest absolute Gasteiger partial charge is 0.270 e. The lowest BCUT2D eigenvalue weighted by atomic mass is 10.0. The molecule has 1 heterocycles. The third-order valence-corrected chi connectivity index (χ3v) is 4.76. The monoisotopic (exact) mass is 344 g/mol. The summed E-state index contributed by atoms with van der Waals surface area (Å²) in [6.07, 6.45) is 2.55. The molecule has 104 valence electrons. The van der Waals surface area contributed by atoms with Gasteiger partial charge in [-0.2, -0.15) is 11.8 Å². The number of nitro benzene ring substituents is 1. The second kappa shape index (κ2) is 7.26. The molecule has 0 amide bonds. The first-order chi connectivity index (χ1) is 9.15. The molecule has 1 N–H and O–H groups in total. The van der Waals surface area contributed by atoms with Crippen molar-refractivity contribution in [2.24, 2.45) is 5.92 Å². The Hall–Kier alpha value is -0.590. The van der Waals surface area contributed by atoms with E-state index in [1.807, 2.05) is 17.8 Å². The summed E-state index contributed by atoms with van der Waals surface area (Å²) in [6, 6.07) is 5.09. The normalized spacial score (nSPS) is 16.5. The van der Waals surface area contributed by atoms with E-state index in [2.05, 4.69) is 21.2 Å². The zero-order chi connectivity index (χ0) is 13.7. The lowest BCUT2D eigenvalue weighted by Gasteiger charge is -2.21. The second-order valence-corrected chi connectivity index (χ2v) is 6.90. The predicted octanol–water partition coefficient (Wildman–Crippen LogP) is 3.59. The molecule has 1 aromatic carbocycles. The van der Waals surface area contributed by atoms with Crippen LogP contribution in [-0.2, 0) is 6.54 Å². The molecule has 2 rings (SSSR count). The maximum atomic E-state index is 10.8. The van der Waals surface area contributed by atoms with Gasteiger partial charge in [0, 0.05) is 23.2 Å². The Labute approximate surface area is 125 Å². The summed E-state index contributed by atoms with van der Waals surface area (Å²) in [5, 5.41) is 14.2. The zero-order valence-electron chi connectivity index (χ0n) is 10.6. The van der Waals surface area contributed by atoms with Gasteiger partial charge in [0.15, 0.2) is 0 Å². The molecule has 1 saturated heterocycles. The van der Waals surface area contributed by atoms with E-state index < -0.39 is 0 Å². The minimum absolute atomic E-state index is 0.139. The Morgan fingerprint density at radius 1 is 1.37 bits per heavy atom. The number of nitrogens with zero attached hydrogens (tertiary/aromatic N) is 1. The Morgan fingerprint density at radius 2 is 2.11 bits per heavy atom. The number of hydrogen-bond acceptors (Lipinski definition) is 4. The van der Waals surface area contributed by atoms with Crippen LogP contribution < -0.4 is 5.32 Å². The second-order valence-electron chi connectivity index (χ2n) is 4.76. The van der Waals surface area contributed by atoms with Crippen molar-refractivity contribution in [1.82, 2.24) is 5.32 Å². The van der Waals surface area contributed by atoms with Gasteiger partial charge in [-0.15, -0.1) is 0 Å². The van der Waals surface area contributed by atoms with Crippen LogP contribution in [0.25, 0.3) is 0 Å². The number of nitrogens with one attached hydrogen (secondary N) is 1. The standard InChI is InChI=1S/C13H17BrN2O2S/c14-12-5-11(6-13(7-12)16(17)18)9-15-8-10-1-3-19-4-2-10/h5-7,10,15H,1-4,8-9H2. The fourth-order valence-corrected chi connectivity index (χ4v) is 3.94. The van der Waals surface area contributed by atoms with Crippen LogP contribution in [0.1, 0.15) is 18.4 Å². The quantitative estimate of drug-likeness (QED) is 0.655. The van der Waals surface area contributed by atoms with Crippen LogP contribution in [0.4, 0.5) is 5.69 Å². The highest BCUT2D eigenvalue weighted by molar-refractivity contribution is 9.10. The molecule has 0 saturated carbocycles. The summed E-state index contributed by atoms with van der Waals surface area (Å²) in [5.74, 6) is 3.27. The first kappa shape index (κ1) is 14.8. The zero-order valence-corrected chi connectivity index (χ0v) is 13.0. The number of hydrogen-bond donors (Lipinski definition) is 1. The Kier molecular flexibility index (Phi) is 5.66. The van der Waals surface area contributed by atoms with E-state index in [9.17, 15) is 10.1 Å². The van der Waals surface area contributed by atoms with Crippen LogP contribution in [-0.4, -0.2) is 23.0 Å². The van der Waals surface area contributed by atoms with Crippen molar-refractivity contribution in [1.29, 1.82) is 0 Å². The van der Waals surface area contributed by atoms with E-state index in [0.29, 0.717) is 6.54 Å². The molecule has 1 fully saturated rings. The van der Waals surface area contributed by atoms with Crippen LogP contribution in [0, 0.1) is 16.0 Å². The molecule has 4 nitrogen and oxygen atoms in total. The minimum Gasteiger partial charge on any atom is -0.312 e. The van der Waals surface area contributed by atoms with E-state index in [1.165, 1.54) is 30.4 Å². The summed E-state index contributed by atoms with van der Waals surface area (Å²) in [7, 11) is 0. The lowest BCUT2D eigenvalue weighted by Crippen LogP contribution is -2.25. The van der Waals surface area contributed by atoms with Crippen molar-refractivity contribution in [3.63, 3.8) is 0 Å². The van der Waals surface area contributed by atoms with Gasteiger partial charge in [-0.05, 0) is 48.4 Å². The molecule has 19 heavy (non-hydrogen) atoms. The summed E-state index contributed by atoms with van der Waals surface area (Å²) in [6.45, 7) is 1.69. The minimum atomic E-state index is -0.355. The van der Waals surface area contributed by atoms with Crippen molar-refractivity contribution in [3.05, 3.63) is 38.3 Å². The Balaban J connectivity index is 1.86. The maximum Gasteiger partial charge on any atom is 0.270 e. The topological polar surface area (TPSA) is 55.2 Å². The van der Waals surface area contributed by atoms with Crippen molar-refractivity contribution in [2.45, 2.75) is 19.4 Å². The average Bonchev–Trinajstić information content (AvgIpc) is 2.39. The molecule has 6 heteroatoms. The van der Waals surface area contributed by atoms with Crippen LogP contribution in [0.3, 0.4) is 0 Å². The van der Waals surface area contributed by atoms with Gasteiger partial charge in [-0.25, -0.2) is 0 Å². The van der Waals surface area contributed by atoms with Crippen LogP contribution in [0.2, 0.25) is 0 Å². The van der Waals surface area contributed by atoms with Gasteiger partial charge >= 0.3 is 0 Å². The van der Waals surface area contributed by atoms with Crippen molar-refractivity contribution in [2.75, 3.05) is 18.1 Å². The van der Waals surface area contributed by atoms with Gasteiger partial charge in [-0.3, -0.25) is 10.1 Å². The van der Waals surface area contributed by atoms with E-state index >= 15 is 0 Å². The van der Waals surface area contributed by atoms with Crippen LogP contribution in [0.15, 0.2) is 22.7 Å². The van der Waals surface area contributed by atoms with E-state index in [1.54, 1.807) is 6.07 Å². The molecule has 0 bridgehead atoms. The number of nitro groups is 1. The molecular formula is C13H17BrN2O2S. The third-order valence-electron chi connectivity index (χ3n) is 3.26. The fraction of sp³-hybridized carbons (Fsp3) is 0.538. The predicted molar refractivity (Wildman–Crippen MR) is 82.6 cm³/mol. The number of benzene rings is 1. The largest absolute Gasteiger partial charge is 0.312 e. The molecule has 1 aliphatic heterocycles. The highest BCUT2D eigenvalue weighted by Gasteiger charge is 2.13. The summed E-state index contributed by atoms with van der Waals surface area (Å²) >= 11 is 5.34. The molecule has 0 aromatic heterocycles. The number of thioether (sulfide) groups is 1. The van der Waals surface area contributed by atoms with Crippen molar-refractivity contribution in [3.8, 4) is 0 Å². The summed E-state index contributed by atoms with van der Waals surface area (Å²) < 4.78 is 0.757. The molecule has 0 aliphatic carbocycles. The van der Waals surface area contributed by atoms with Gasteiger partial charge in [0.1, 0.15) is 0 Å². The highest BCUT2D eigenvalue weighted by Crippen LogP contribution is 2.23. The van der Waals surface area contributed by atoms with Gasteiger partial charge in [0.2, 0.25) is 0 Å². The number of halogens is 1. The maximum absolute atomic E-state index is 10.8. The molecule has 1 aliphatic rings. The van der Waals surface area contributed by atoms with Gasteiger partial charge in [-0.1, -0.05) is 15.9 Å². The van der Waals surface area contributed by atoms with Crippen LogP contribution in [0.5, 0.6) is 0 Å². The van der Waals surface area contributed by atoms with Crippen molar-refractivity contribution < 1.29 is 4.92 Å². The molecule has 0 unspecified atom stereocenters. The third kappa shape index (κ3) is 4.78. The summed E-state index contributed by atoms with van der Waals surface area (Å²) in [5.41, 5.74) is 1.09. The van der Waals surface area contributed by atoms with E-state index in [-0.39, 0.29) is 10.6 Å². The van der Waals surface area contributed by atoms with E-state index in [0.717, 1.165) is 22.5 Å². The number of non-ortho nitro benzene ring substituents is 1. The SMILES string of the molecule is O=[N+]([O-])c1cc(Br)cc(CNCC2CCSCC2)c1. The molecule has 0 spiro atoms. The Bertz CT molecular complexity index is 450. The van der Waals surface area contributed by atoms with Gasteiger partial charge < -0.3 is 5.32 Å². The number of rotatable bonds is 5. The van der Waals surface area contributed by atoms with Crippen molar-refractivity contribution >= 4 is 33.4 Å². The van der Waals surface area contributed by atoms with Gasteiger partial charge in [0.05, 0.1) is 4.92 Å². The van der Waals surface area contributed by atoms with Crippen LogP contribution >= 0.6 is 27.7 Å². The molecule has 1 aromatic rings. The van der Waals surface area contributed by atoms with E-state index in [4.69, 9.17) is 0 Å². The first-order valence-electron chi connectivity index (χ1n) is 6.37. The van der Waals surface area contributed by atoms with Gasteiger partial charge in [0.25, 0.3) is 5.69 Å². The lowest BCUT2D eigenvalue weighted by molar-refractivity contribution is -0.385. The fourth-order valence-electron chi connectivity index (χ4n) is 2.21.